The van der Waals surface area contributed by atoms with Crippen molar-refractivity contribution < 1.29 is 18.3 Å². The number of carbonyl (C=O) groups excluding carboxylic acids is 1. The molecule has 2 aromatic carbocycles. The van der Waals surface area contributed by atoms with Crippen LogP contribution in [-0.2, 0) is 21.9 Å². The molecule has 2 aliphatic rings. The minimum Gasteiger partial charge on any atom is -0.390 e. The second-order valence-electron chi connectivity index (χ2n) is 11.7. The van der Waals surface area contributed by atoms with Crippen LogP contribution >= 0.6 is 11.6 Å². The monoisotopic (exact) mass is 571 g/mol. The smallest absolute Gasteiger partial charge is 0.240 e. The first-order valence-electron chi connectivity index (χ1n) is 13.8. The predicted molar refractivity (Wildman–Crippen MR) is 155 cm³/mol. The fourth-order valence-electron chi connectivity index (χ4n) is 6.21. The second kappa shape index (κ2) is 10.9. The average molecular weight is 572 g/mol. The van der Waals surface area contributed by atoms with Gasteiger partial charge in [-0.25, -0.2) is 13.1 Å². The molecule has 1 amide bonds. The Kier molecular flexibility index (Phi) is 7.85. The zero-order valence-electron chi connectivity index (χ0n) is 22.9. The number of hydrogen-bond acceptors (Lipinski definition) is 4. The number of hydrogen-bond donors (Lipinski definition) is 2. The molecule has 3 aromatic rings. The van der Waals surface area contributed by atoms with Gasteiger partial charge in [-0.2, -0.15) is 0 Å². The molecule has 9 heteroatoms. The molecule has 0 spiro atoms. The quantitative estimate of drug-likeness (QED) is 0.417. The highest BCUT2D eigenvalue weighted by atomic mass is 35.5. The van der Waals surface area contributed by atoms with Gasteiger partial charge in [0.2, 0.25) is 15.9 Å². The molecule has 1 saturated heterocycles. The van der Waals surface area contributed by atoms with Crippen LogP contribution in [0, 0.1) is 11.8 Å². The van der Waals surface area contributed by atoms with Gasteiger partial charge in [0, 0.05) is 43.4 Å². The summed E-state index contributed by atoms with van der Waals surface area (Å²) in [6.45, 7) is 4.95. The van der Waals surface area contributed by atoms with Gasteiger partial charge in [-0.15, -0.1) is 0 Å². The molecule has 1 aliphatic carbocycles. The molecule has 2 fully saturated rings. The van der Waals surface area contributed by atoms with Crippen LogP contribution in [-0.4, -0.2) is 53.6 Å². The Hall–Kier alpha value is -2.39. The molecule has 39 heavy (non-hydrogen) atoms. The van der Waals surface area contributed by atoms with Crippen LogP contribution < -0.4 is 4.72 Å². The molecule has 1 aromatic heterocycles. The van der Waals surface area contributed by atoms with Crippen molar-refractivity contribution in [3.63, 3.8) is 0 Å². The third-order valence-electron chi connectivity index (χ3n) is 8.60. The van der Waals surface area contributed by atoms with Gasteiger partial charge in [-0.3, -0.25) is 4.79 Å². The molecule has 2 N–H and O–H groups in total. The molecule has 0 radical (unpaired) electrons. The number of fused-ring (bicyclic) bond motifs is 1. The lowest BCUT2D eigenvalue weighted by Gasteiger charge is -2.40. The summed E-state index contributed by atoms with van der Waals surface area (Å²) < 4.78 is 31.5. The van der Waals surface area contributed by atoms with Crippen LogP contribution in [0.3, 0.4) is 0 Å². The summed E-state index contributed by atoms with van der Waals surface area (Å²) in [6, 6.07) is 14.7. The normalized spacial score (nSPS) is 22.8. The van der Waals surface area contributed by atoms with Gasteiger partial charge in [0.25, 0.3) is 0 Å². The number of aromatic nitrogens is 1. The number of piperidine rings is 1. The van der Waals surface area contributed by atoms with Crippen molar-refractivity contribution in [2.75, 3.05) is 13.1 Å². The molecule has 210 valence electrons. The number of amides is 1. The number of aliphatic hydroxyl groups is 1. The maximum absolute atomic E-state index is 13.4. The van der Waals surface area contributed by atoms with E-state index in [1.54, 1.807) is 18.2 Å². The first-order valence-corrected chi connectivity index (χ1v) is 15.7. The molecule has 7 nitrogen and oxygen atoms in total. The van der Waals surface area contributed by atoms with Gasteiger partial charge in [-0.1, -0.05) is 41.9 Å². The zero-order chi connectivity index (χ0) is 27.9. The van der Waals surface area contributed by atoms with E-state index in [1.807, 2.05) is 60.7 Å². The maximum Gasteiger partial charge on any atom is 0.240 e. The van der Waals surface area contributed by atoms with Crippen molar-refractivity contribution in [1.82, 2.24) is 14.2 Å². The molecule has 1 aliphatic heterocycles. The van der Waals surface area contributed by atoms with Crippen LogP contribution in [0.25, 0.3) is 22.2 Å². The van der Waals surface area contributed by atoms with Crippen molar-refractivity contribution >= 4 is 38.4 Å². The maximum atomic E-state index is 13.4. The third kappa shape index (κ3) is 5.75. The minimum atomic E-state index is -3.75. The molecule has 2 heterocycles. The number of nitrogens with one attached hydrogen (secondary N) is 1. The molecule has 1 saturated carbocycles. The van der Waals surface area contributed by atoms with Gasteiger partial charge in [0.1, 0.15) is 0 Å². The molecule has 0 bridgehead atoms. The Balaban J connectivity index is 1.25. The lowest BCUT2D eigenvalue weighted by atomic mass is 9.82. The molecule has 1 atom stereocenters. The molecular weight excluding hydrogens is 534 g/mol. The van der Waals surface area contributed by atoms with E-state index >= 15 is 0 Å². The minimum absolute atomic E-state index is 0.0820. The van der Waals surface area contributed by atoms with E-state index in [0.29, 0.717) is 37.3 Å². The van der Waals surface area contributed by atoms with Gasteiger partial charge in [-0.05, 0) is 76.1 Å². The number of sulfonamides is 1. The van der Waals surface area contributed by atoms with Crippen molar-refractivity contribution in [3.05, 3.63) is 53.6 Å². The Morgan fingerprint density at radius 2 is 1.74 bits per heavy atom. The van der Waals surface area contributed by atoms with E-state index < -0.39 is 15.6 Å². The van der Waals surface area contributed by atoms with Gasteiger partial charge in [0.05, 0.1) is 26.7 Å². The largest absolute Gasteiger partial charge is 0.390 e. The Morgan fingerprint density at radius 1 is 1.05 bits per heavy atom. The fourth-order valence-corrected chi connectivity index (χ4v) is 7.93. The van der Waals surface area contributed by atoms with E-state index in [4.69, 9.17) is 11.6 Å². The molecule has 1 unspecified atom stereocenters. The van der Waals surface area contributed by atoms with E-state index in [1.165, 1.54) is 0 Å². The highest BCUT2D eigenvalue weighted by Gasteiger charge is 2.37. The zero-order valence-corrected chi connectivity index (χ0v) is 24.4. The average Bonchev–Trinajstić information content (AvgIpc) is 3.17. The number of nitrogens with zero attached hydrogens (tertiary/aromatic N) is 2. The van der Waals surface area contributed by atoms with E-state index in [0.717, 1.165) is 41.5 Å². The summed E-state index contributed by atoms with van der Waals surface area (Å²) in [6.07, 6.45) is 4.38. The van der Waals surface area contributed by atoms with E-state index in [-0.39, 0.29) is 28.7 Å². The summed E-state index contributed by atoms with van der Waals surface area (Å²) in [7, 11) is -1.85. The van der Waals surface area contributed by atoms with Crippen molar-refractivity contribution in [2.45, 2.75) is 68.9 Å². The highest BCUT2D eigenvalue weighted by Crippen LogP contribution is 2.38. The summed E-state index contributed by atoms with van der Waals surface area (Å²) in [5, 5.41) is 11.8. The molecular formula is C30H38ClN3O4S. The number of rotatable bonds is 6. The van der Waals surface area contributed by atoms with Crippen LogP contribution in [0.5, 0.6) is 0 Å². The Labute approximate surface area is 236 Å². The summed E-state index contributed by atoms with van der Waals surface area (Å²) in [4.78, 5) is 15.3. The fraction of sp³-hybridized carbons (Fsp3) is 0.500. The highest BCUT2D eigenvalue weighted by molar-refractivity contribution is 7.89. The second-order valence-corrected chi connectivity index (χ2v) is 13.8. The van der Waals surface area contributed by atoms with Crippen LogP contribution in [0.2, 0.25) is 5.02 Å². The van der Waals surface area contributed by atoms with Crippen molar-refractivity contribution in [3.8, 4) is 11.3 Å². The Morgan fingerprint density at radius 3 is 2.41 bits per heavy atom. The van der Waals surface area contributed by atoms with E-state index in [2.05, 4.69) is 4.72 Å². The van der Waals surface area contributed by atoms with Crippen LogP contribution in [0.4, 0.5) is 0 Å². The topological polar surface area (TPSA) is 91.6 Å². The third-order valence-corrected chi connectivity index (χ3v) is 10.5. The van der Waals surface area contributed by atoms with Crippen LogP contribution in [0.15, 0.2) is 53.4 Å². The Bertz CT molecular complexity index is 1450. The van der Waals surface area contributed by atoms with Gasteiger partial charge >= 0.3 is 0 Å². The summed E-state index contributed by atoms with van der Waals surface area (Å²) in [5.41, 5.74) is 1.77. The number of benzene rings is 2. The first kappa shape index (κ1) is 28.1. The van der Waals surface area contributed by atoms with Crippen molar-refractivity contribution in [1.29, 1.82) is 0 Å². The lowest BCUT2D eigenvalue weighted by molar-refractivity contribution is -0.140. The number of aryl methyl sites for hydroxylation is 1. The van der Waals surface area contributed by atoms with E-state index in [9.17, 15) is 18.3 Å². The standard InChI is InChI=1S/C30H38ClN3O4S/c1-30(2,36)22-10-7-17-34(19-22)29(35)21-11-13-23(14-12-21)32-39(37,38)24-15-16-25-26(18-24)33(3)28(27(25)31)20-8-5-4-6-9-20/h4-6,8-9,15-16,18,21-23,32,36H,7,10-14,17,19H2,1-3H3/t21-,22?,23-. The predicted octanol–water partition coefficient (Wildman–Crippen LogP) is 5.35. The van der Waals surface area contributed by atoms with Gasteiger partial charge < -0.3 is 14.6 Å². The summed E-state index contributed by atoms with van der Waals surface area (Å²) in [5.74, 6) is 0.133. The lowest BCUT2D eigenvalue weighted by Crippen LogP contribution is -2.49. The first-order chi connectivity index (χ1) is 18.5. The van der Waals surface area contributed by atoms with Crippen LogP contribution in [0.1, 0.15) is 52.4 Å². The number of likely N-dealkylation sites (tertiary alicyclic amines) is 1. The van der Waals surface area contributed by atoms with Gasteiger partial charge in [0.15, 0.2) is 0 Å². The summed E-state index contributed by atoms with van der Waals surface area (Å²) >= 11 is 6.72. The SMILES string of the molecule is Cn1c(-c2ccccc2)c(Cl)c2ccc(S(=O)(=O)N[C@H]3CC[C@H](C(=O)N4CCCC(C(C)(C)O)C4)CC3)cc21. The number of carbonyl (C=O) groups is 1. The van der Waals surface area contributed by atoms with Crippen molar-refractivity contribution in [2.24, 2.45) is 18.9 Å². The molecule has 5 rings (SSSR count). The number of halogens is 1.